The van der Waals surface area contributed by atoms with Crippen molar-refractivity contribution in [3.8, 4) is 0 Å². The van der Waals surface area contributed by atoms with Crippen molar-refractivity contribution in [2.24, 2.45) is 0 Å². The van der Waals surface area contributed by atoms with E-state index in [1.807, 2.05) is 13.8 Å². The van der Waals surface area contributed by atoms with Gasteiger partial charge in [-0.3, -0.25) is 4.79 Å². The second-order valence-electron chi connectivity index (χ2n) is 6.89. The van der Waals surface area contributed by atoms with E-state index in [-0.39, 0.29) is 18.0 Å². The molecule has 0 fully saturated rings. The summed E-state index contributed by atoms with van der Waals surface area (Å²) in [5.74, 6) is 0.406. The summed E-state index contributed by atoms with van der Waals surface area (Å²) in [5.41, 5.74) is 1.02. The SMILES string of the molecule is CC(C)c1ncc2c(n1)CCN(C(=O)C(O)c1ccc(C(F)(F)F)cc1)C2. The fraction of sp³-hybridized carbons (Fsp3) is 0.421. The number of rotatable bonds is 3. The van der Waals surface area contributed by atoms with Gasteiger partial charge in [-0.25, -0.2) is 9.97 Å². The van der Waals surface area contributed by atoms with Crippen molar-refractivity contribution in [3.05, 3.63) is 58.7 Å². The molecule has 1 atom stereocenters. The Balaban J connectivity index is 1.73. The number of benzene rings is 1. The maximum atomic E-state index is 12.6. The lowest BCUT2D eigenvalue weighted by Crippen LogP contribution is -2.39. The van der Waals surface area contributed by atoms with Gasteiger partial charge < -0.3 is 10.0 Å². The molecule has 8 heteroatoms. The van der Waals surface area contributed by atoms with E-state index in [0.717, 1.165) is 41.3 Å². The van der Waals surface area contributed by atoms with E-state index in [4.69, 9.17) is 0 Å². The van der Waals surface area contributed by atoms with Crippen molar-refractivity contribution < 1.29 is 23.1 Å². The van der Waals surface area contributed by atoms with E-state index in [2.05, 4.69) is 9.97 Å². The lowest BCUT2D eigenvalue weighted by molar-refractivity contribution is -0.141. The minimum Gasteiger partial charge on any atom is -0.378 e. The van der Waals surface area contributed by atoms with Gasteiger partial charge in [-0.15, -0.1) is 0 Å². The molecule has 144 valence electrons. The third-order valence-electron chi connectivity index (χ3n) is 4.57. The Morgan fingerprint density at radius 1 is 1.22 bits per heavy atom. The molecule has 5 nitrogen and oxygen atoms in total. The number of carbonyl (C=O) groups is 1. The highest BCUT2D eigenvalue weighted by molar-refractivity contribution is 5.82. The molecule has 0 bridgehead atoms. The molecule has 1 aromatic heterocycles. The smallest absolute Gasteiger partial charge is 0.378 e. The zero-order valence-corrected chi connectivity index (χ0v) is 15.0. The van der Waals surface area contributed by atoms with Gasteiger partial charge in [0.15, 0.2) is 6.10 Å². The number of hydrogen-bond acceptors (Lipinski definition) is 4. The molecule has 0 radical (unpaired) electrons. The first-order valence-electron chi connectivity index (χ1n) is 8.65. The van der Waals surface area contributed by atoms with Crippen molar-refractivity contribution in [2.75, 3.05) is 6.54 Å². The summed E-state index contributed by atoms with van der Waals surface area (Å²) in [4.78, 5) is 22.9. The molecule has 1 amide bonds. The van der Waals surface area contributed by atoms with Crippen LogP contribution < -0.4 is 0 Å². The van der Waals surface area contributed by atoms with Gasteiger partial charge in [-0.1, -0.05) is 26.0 Å². The number of amides is 1. The molecule has 0 saturated heterocycles. The number of alkyl halides is 3. The van der Waals surface area contributed by atoms with Crippen LogP contribution in [0.3, 0.4) is 0 Å². The average Bonchev–Trinajstić information content (AvgIpc) is 2.65. The lowest BCUT2D eigenvalue weighted by atomic mass is 10.0. The van der Waals surface area contributed by atoms with Crippen molar-refractivity contribution in [1.82, 2.24) is 14.9 Å². The molecular formula is C19H20F3N3O2. The molecule has 1 unspecified atom stereocenters. The van der Waals surface area contributed by atoms with Crippen LogP contribution in [0.5, 0.6) is 0 Å². The molecule has 2 aromatic rings. The van der Waals surface area contributed by atoms with Crippen LogP contribution in [0.25, 0.3) is 0 Å². The maximum absolute atomic E-state index is 12.6. The molecule has 0 saturated carbocycles. The van der Waals surface area contributed by atoms with Crippen LogP contribution in [0.1, 0.15) is 54.1 Å². The summed E-state index contributed by atoms with van der Waals surface area (Å²) in [7, 11) is 0. The number of hydrogen-bond donors (Lipinski definition) is 1. The maximum Gasteiger partial charge on any atom is 0.416 e. The highest BCUT2D eigenvalue weighted by Gasteiger charge is 2.32. The van der Waals surface area contributed by atoms with Crippen LogP contribution in [0.2, 0.25) is 0 Å². The lowest BCUT2D eigenvalue weighted by Gasteiger charge is -2.30. The first-order chi connectivity index (χ1) is 12.7. The second kappa shape index (κ2) is 7.26. The summed E-state index contributed by atoms with van der Waals surface area (Å²) in [5, 5.41) is 10.3. The van der Waals surface area contributed by atoms with E-state index < -0.39 is 23.8 Å². The Labute approximate surface area is 154 Å². The minimum atomic E-state index is -4.46. The molecule has 3 rings (SSSR count). The quantitative estimate of drug-likeness (QED) is 0.889. The van der Waals surface area contributed by atoms with Crippen LogP contribution in [-0.4, -0.2) is 32.4 Å². The Bertz CT molecular complexity index is 835. The van der Waals surface area contributed by atoms with Gasteiger partial charge in [0.25, 0.3) is 5.91 Å². The molecule has 2 heterocycles. The van der Waals surface area contributed by atoms with Gasteiger partial charge in [0, 0.05) is 37.2 Å². The minimum absolute atomic E-state index is 0.130. The van der Waals surface area contributed by atoms with Crippen molar-refractivity contribution in [3.63, 3.8) is 0 Å². The van der Waals surface area contributed by atoms with E-state index in [1.165, 1.54) is 4.90 Å². The molecular weight excluding hydrogens is 359 g/mol. The van der Waals surface area contributed by atoms with Crippen LogP contribution >= 0.6 is 0 Å². The first-order valence-corrected chi connectivity index (χ1v) is 8.65. The predicted octanol–water partition coefficient (Wildman–Crippen LogP) is 3.24. The van der Waals surface area contributed by atoms with Gasteiger partial charge in [0.1, 0.15) is 5.82 Å². The number of fused-ring (bicyclic) bond motifs is 1. The van der Waals surface area contributed by atoms with E-state index in [0.29, 0.717) is 13.0 Å². The molecule has 1 aromatic carbocycles. The Kier molecular flexibility index (Phi) is 5.19. The molecule has 1 aliphatic heterocycles. The number of aliphatic hydroxyl groups excluding tert-OH is 1. The molecule has 1 aliphatic rings. The fourth-order valence-electron chi connectivity index (χ4n) is 2.97. The van der Waals surface area contributed by atoms with Crippen LogP contribution in [0, 0.1) is 0 Å². The topological polar surface area (TPSA) is 66.3 Å². The number of aliphatic hydroxyl groups is 1. The summed E-state index contributed by atoms with van der Waals surface area (Å²) < 4.78 is 37.9. The van der Waals surface area contributed by atoms with E-state index in [1.54, 1.807) is 6.20 Å². The van der Waals surface area contributed by atoms with Crippen molar-refractivity contribution in [2.45, 2.75) is 45.0 Å². The summed E-state index contributed by atoms with van der Waals surface area (Å²) >= 11 is 0. The number of aromatic nitrogens is 2. The summed E-state index contributed by atoms with van der Waals surface area (Å²) in [6, 6.07) is 3.97. The zero-order valence-electron chi connectivity index (χ0n) is 15.0. The molecule has 27 heavy (non-hydrogen) atoms. The van der Waals surface area contributed by atoms with Crippen LogP contribution in [0.15, 0.2) is 30.5 Å². The van der Waals surface area contributed by atoms with E-state index in [9.17, 15) is 23.1 Å². The second-order valence-corrected chi connectivity index (χ2v) is 6.89. The Morgan fingerprint density at radius 3 is 2.48 bits per heavy atom. The van der Waals surface area contributed by atoms with Crippen LogP contribution in [-0.2, 0) is 23.9 Å². The van der Waals surface area contributed by atoms with E-state index >= 15 is 0 Å². The van der Waals surface area contributed by atoms with Gasteiger partial charge in [0.2, 0.25) is 0 Å². The normalized spacial score (nSPS) is 15.6. The number of nitrogens with zero attached hydrogens (tertiary/aromatic N) is 3. The van der Waals surface area contributed by atoms with Gasteiger partial charge in [-0.2, -0.15) is 13.2 Å². The van der Waals surface area contributed by atoms with Crippen molar-refractivity contribution in [1.29, 1.82) is 0 Å². The Hall–Kier alpha value is -2.48. The fourth-order valence-corrected chi connectivity index (χ4v) is 2.97. The first kappa shape index (κ1) is 19.3. The number of halogens is 3. The summed E-state index contributed by atoms with van der Waals surface area (Å²) in [6.07, 6.45) is -3.73. The highest BCUT2D eigenvalue weighted by Crippen LogP contribution is 2.30. The summed E-state index contributed by atoms with van der Waals surface area (Å²) in [6.45, 7) is 4.66. The average molecular weight is 379 g/mol. The van der Waals surface area contributed by atoms with Crippen LogP contribution in [0.4, 0.5) is 13.2 Å². The zero-order chi connectivity index (χ0) is 19.8. The third-order valence-corrected chi connectivity index (χ3v) is 4.57. The Morgan fingerprint density at radius 2 is 1.89 bits per heavy atom. The molecule has 0 spiro atoms. The largest absolute Gasteiger partial charge is 0.416 e. The van der Waals surface area contributed by atoms with Gasteiger partial charge in [-0.05, 0) is 17.7 Å². The molecule has 1 N–H and O–H groups in total. The van der Waals surface area contributed by atoms with Gasteiger partial charge >= 0.3 is 6.18 Å². The van der Waals surface area contributed by atoms with Gasteiger partial charge in [0.05, 0.1) is 11.3 Å². The third kappa shape index (κ3) is 4.10. The standard InChI is InChI=1S/C19H20F3N3O2/c1-11(2)17-23-9-13-10-25(8-7-15(13)24-17)18(27)16(26)12-3-5-14(6-4-12)19(20,21)22/h3-6,9,11,16,26H,7-8,10H2,1-2H3. The predicted molar refractivity (Wildman–Crippen MR) is 91.6 cm³/mol. The highest BCUT2D eigenvalue weighted by atomic mass is 19.4. The van der Waals surface area contributed by atoms with Crippen molar-refractivity contribution >= 4 is 5.91 Å². The monoisotopic (exact) mass is 379 g/mol. The number of carbonyl (C=O) groups excluding carboxylic acids is 1. The molecule has 0 aliphatic carbocycles.